The number of hydrogen-bond donors (Lipinski definition) is 2. The lowest BCUT2D eigenvalue weighted by Crippen LogP contribution is -2.18. The Hall–Kier alpha value is -2.56. The van der Waals surface area contributed by atoms with Gasteiger partial charge in [-0.2, -0.15) is 0 Å². The van der Waals surface area contributed by atoms with Crippen LogP contribution in [-0.2, 0) is 22.4 Å². The number of hydrogen-bond acceptors (Lipinski definition) is 8. The molecule has 0 spiro atoms. The van der Waals surface area contributed by atoms with Gasteiger partial charge in [0.2, 0.25) is 11.1 Å². The number of fused-ring (bicyclic) bond motifs is 1. The molecule has 0 atom stereocenters. The van der Waals surface area contributed by atoms with Crippen molar-refractivity contribution < 1.29 is 14.3 Å². The van der Waals surface area contributed by atoms with Gasteiger partial charge in [0.1, 0.15) is 5.00 Å². The number of halogens is 1. The number of methoxy groups -OCH3 is 1. The molecule has 2 heterocycles. The van der Waals surface area contributed by atoms with Crippen molar-refractivity contribution in [1.29, 1.82) is 0 Å². The van der Waals surface area contributed by atoms with Gasteiger partial charge in [-0.25, -0.2) is 9.47 Å². The van der Waals surface area contributed by atoms with Crippen LogP contribution in [0.5, 0.6) is 0 Å². The van der Waals surface area contributed by atoms with E-state index in [-0.39, 0.29) is 11.7 Å². The molecular formula is C20H20ClN5O3S2. The van der Waals surface area contributed by atoms with Crippen molar-refractivity contribution in [2.75, 3.05) is 24.0 Å². The highest BCUT2D eigenvalue weighted by Crippen LogP contribution is 2.38. The van der Waals surface area contributed by atoms with Crippen LogP contribution in [0.25, 0.3) is 11.4 Å². The number of thioether (sulfide) groups is 1. The molecule has 1 aromatic carbocycles. The van der Waals surface area contributed by atoms with Crippen molar-refractivity contribution in [1.82, 2.24) is 14.9 Å². The molecule has 0 saturated carbocycles. The van der Waals surface area contributed by atoms with E-state index in [2.05, 4.69) is 15.5 Å². The lowest BCUT2D eigenvalue weighted by atomic mass is 9.95. The highest BCUT2D eigenvalue weighted by atomic mass is 35.5. The summed E-state index contributed by atoms with van der Waals surface area (Å²) >= 11 is 8.80. The van der Waals surface area contributed by atoms with Gasteiger partial charge in [0, 0.05) is 10.4 Å². The third-order valence-corrected chi connectivity index (χ3v) is 7.41. The van der Waals surface area contributed by atoms with E-state index in [1.807, 2.05) is 12.1 Å². The maximum atomic E-state index is 12.6. The second kappa shape index (κ2) is 9.29. The first-order valence-corrected chi connectivity index (χ1v) is 11.8. The van der Waals surface area contributed by atoms with Crippen LogP contribution in [0.15, 0.2) is 29.4 Å². The summed E-state index contributed by atoms with van der Waals surface area (Å²) in [7, 11) is 1.35. The smallest absolute Gasteiger partial charge is 0.341 e. The van der Waals surface area contributed by atoms with Crippen molar-refractivity contribution in [3.8, 4) is 11.4 Å². The molecule has 3 N–H and O–H groups in total. The number of aromatic nitrogens is 3. The highest BCUT2D eigenvalue weighted by Gasteiger charge is 2.27. The quantitative estimate of drug-likeness (QED) is 0.315. The summed E-state index contributed by atoms with van der Waals surface area (Å²) in [4.78, 5) is 26.1. The van der Waals surface area contributed by atoms with Crippen LogP contribution < -0.4 is 11.2 Å². The van der Waals surface area contributed by atoms with E-state index < -0.39 is 5.97 Å². The Morgan fingerprint density at radius 1 is 1.29 bits per heavy atom. The number of nitrogens with one attached hydrogen (secondary N) is 1. The van der Waals surface area contributed by atoms with Gasteiger partial charge in [0.25, 0.3) is 0 Å². The first-order chi connectivity index (χ1) is 15.0. The van der Waals surface area contributed by atoms with Crippen molar-refractivity contribution >= 4 is 51.6 Å². The number of benzene rings is 1. The molecule has 0 unspecified atom stereocenters. The summed E-state index contributed by atoms with van der Waals surface area (Å²) in [6, 6.07) is 7.18. The number of nitrogen functional groups attached to an aromatic ring is 1. The fourth-order valence-electron chi connectivity index (χ4n) is 3.47. The van der Waals surface area contributed by atoms with E-state index in [1.54, 1.807) is 12.1 Å². The van der Waals surface area contributed by atoms with Gasteiger partial charge < -0.3 is 15.9 Å². The van der Waals surface area contributed by atoms with E-state index in [0.717, 1.165) is 47.9 Å². The summed E-state index contributed by atoms with van der Waals surface area (Å²) in [5.74, 6) is 5.89. The third-order valence-electron chi connectivity index (χ3n) is 4.93. The number of esters is 1. The van der Waals surface area contributed by atoms with Crippen molar-refractivity contribution in [2.45, 2.75) is 30.8 Å². The van der Waals surface area contributed by atoms with Crippen LogP contribution >= 0.6 is 34.7 Å². The van der Waals surface area contributed by atoms with Crippen molar-refractivity contribution in [3.05, 3.63) is 45.3 Å². The Labute approximate surface area is 192 Å². The Kier molecular flexibility index (Phi) is 6.49. The number of nitrogens with zero attached hydrogens (tertiary/aromatic N) is 3. The van der Waals surface area contributed by atoms with Crippen LogP contribution in [0, 0.1) is 0 Å². The van der Waals surface area contributed by atoms with Crippen LogP contribution in [0.3, 0.4) is 0 Å². The van der Waals surface area contributed by atoms with Gasteiger partial charge in [0.15, 0.2) is 5.82 Å². The number of nitrogens with two attached hydrogens (primary N) is 1. The summed E-state index contributed by atoms with van der Waals surface area (Å²) in [6.45, 7) is 0. The maximum Gasteiger partial charge on any atom is 0.341 e. The third kappa shape index (κ3) is 4.41. The predicted molar refractivity (Wildman–Crippen MR) is 122 cm³/mol. The van der Waals surface area contributed by atoms with E-state index in [9.17, 15) is 9.59 Å². The molecule has 8 nitrogen and oxygen atoms in total. The van der Waals surface area contributed by atoms with E-state index >= 15 is 0 Å². The Morgan fingerprint density at radius 2 is 2.06 bits per heavy atom. The lowest BCUT2D eigenvalue weighted by Gasteiger charge is -2.11. The van der Waals surface area contributed by atoms with E-state index in [1.165, 1.54) is 23.1 Å². The average molecular weight is 478 g/mol. The first kappa shape index (κ1) is 21.7. The predicted octanol–water partition coefficient (Wildman–Crippen LogP) is 3.77. The standard InChI is InChI=1S/C20H20ClN5O3S2/c1-29-19(28)16-12-7-3-5-9-14(12)31-18(16)23-15(27)10-30-20-25-24-17(26(20)22)11-6-2-4-8-13(11)21/h2,4,6,8H,3,5,7,9-10,22H2,1H3,(H,23,27). The topological polar surface area (TPSA) is 112 Å². The van der Waals surface area contributed by atoms with Crippen LogP contribution in [0.2, 0.25) is 5.02 Å². The molecule has 162 valence electrons. The second-order valence-electron chi connectivity index (χ2n) is 6.90. The number of amides is 1. The van der Waals surface area contributed by atoms with Gasteiger partial charge >= 0.3 is 5.97 Å². The number of carbonyl (C=O) groups is 2. The molecule has 0 aliphatic heterocycles. The van der Waals surface area contributed by atoms with Gasteiger partial charge in [-0.1, -0.05) is 35.5 Å². The molecule has 0 bridgehead atoms. The number of aryl methyl sites for hydroxylation is 1. The van der Waals surface area contributed by atoms with Gasteiger partial charge in [0.05, 0.1) is 23.4 Å². The molecule has 1 aliphatic carbocycles. The van der Waals surface area contributed by atoms with Crippen molar-refractivity contribution in [3.63, 3.8) is 0 Å². The molecule has 31 heavy (non-hydrogen) atoms. The number of ether oxygens (including phenoxy) is 1. The summed E-state index contributed by atoms with van der Waals surface area (Å²) < 4.78 is 6.25. The second-order valence-corrected chi connectivity index (χ2v) is 9.35. The van der Waals surface area contributed by atoms with E-state index in [4.69, 9.17) is 22.2 Å². The van der Waals surface area contributed by atoms with Gasteiger partial charge in [-0.3, -0.25) is 4.79 Å². The molecule has 1 aliphatic rings. The lowest BCUT2D eigenvalue weighted by molar-refractivity contribution is -0.113. The molecule has 4 rings (SSSR count). The average Bonchev–Trinajstić information content (AvgIpc) is 3.32. The molecule has 0 radical (unpaired) electrons. The SMILES string of the molecule is COC(=O)c1c(NC(=O)CSc2nnc(-c3ccccc3Cl)n2N)sc2c1CCCC2. The van der Waals surface area contributed by atoms with Gasteiger partial charge in [-0.15, -0.1) is 21.5 Å². The number of anilines is 1. The molecule has 0 fully saturated rings. The fourth-order valence-corrected chi connectivity index (χ4v) is 5.64. The summed E-state index contributed by atoms with van der Waals surface area (Å²) in [6.07, 6.45) is 3.84. The molecule has 1 amide bonds. The number of carbonyl (C=O) groups excluding carboxylic acids is 2. The number of rotatable bonds is 6. The van der Waals surface area contributed by atoms with Crippen LogP contribution in [0.1, 0.15) is 33.6 Å². The zero-order valence-electron chi connectivity index (χ0n) is 16.7. The summed E-state index contributed by atoms with van der Waals surface area (Å²) in [5, 5.41) is 12.4. The Balaban J connectivity index is 1.47. The normalized spacial score (nSPS) is 13.0. The first-order valence-electron chi connectivity index (χ1n) is 9.60. The minimum absolute atomic E-state index is 0.0566. The zero-order valence-corrected chi connectivity index (χ0v) is 19.1. The largest absolute Gasteiger partial charge is 0.465 e. The molecule has 0 saturated heterocycles. The Bertz CT molecular complexity index is 1140. The van der Waals surface area contributed by atoms with Crippen LogP contribution in [-0.4, -0.2) is 39.6 Å². The molecule has 11 heteroatoms. The monoisotopic (exact) mass is 477 g/mol. The van der Waals surface area contributed by atoms with E-state index in [0.29, 0.717) is 32.1 Å². The summed E-state index contributed by atoms with van der Waals surface area (Å²) in [5.41, 5.74) is 2.13. The maximum absolute atomic E-state index is 12.6. The van der Waals surface area contributed by atoms with Crippen LogP contribution in [0.4, 0.5) is 5.00 Å². The fraction of sp³-hybridized carbons (Fsp3) is 0.300. The Morgan fingerprint density at radius 3 is 2.84 bits per heavy atom. The minimum atomic E-state index is -0.423. The minimum Gasteiger partial charge on any atom is -0.465 e. The molecule has 2 aromatic heterocycles. The number of thiophene rings is 1. The zero-order chi connectivity index (χ0) is 22.0. The van der Waals surface area contributed by atoms with Crippen molar-refractivity contribution in [2.24, 2.45) is 0 Å². The molecule has 3 aromatic rings. The molecular weight excluding hydrogens is 458 g/mol. The highest BCUT2D eigenvalue weighted by molar-refractivity contribution is 7.99. The van der Waals surface area contributed by atoms with Gasteiger partial charge in [-0.05, 0) is 43.4 Å².